The van der Waals surface area contributed by atoms with Gasteiger partial charge in [-0.2, -0.15) is 0 Å². The van der Waals surface area contributed by atoms with E-state index in [-0.39, 0.29) is 0 Å². The van der Waals surface area contributed by atoms with Gasteiger partial charge < -0.3 is 11.1 Å². The summed E-state index contributed by atoms with van der Waals surface area (Å²) in [6, 6.07) is 11.3. The molecule has 0 radical (unpaired) electrons. The van der Waals surface area contributed by atoms with Gasteiger partial charge in [0, 0.05) is 19.0 Å². The average molecular weight is 314 g/mol. The maximum Gasteiger partial charge on any atom is 0.203 e. The fourth-order valence-corrected chi connectivity index (χ4v) is 3.55. The summed E-state index contributed by atoms with van der Waals surface area (Å²) in [6.45, 7) is 0.974. The number of rotatable bonds is 6. The van der Waals surface area contributed by atoms with Crippen molar-refractivity contribution in [3.8, 4) is 0 Å². The molecular formula is C17H22N4S. The van der Waals surface area contributed by atoms with Crippen molar-refractivity contribution in [2.75, 3.05) is 12.3 Å². The SMILES string of the molecule is Nc1nnc(CCCCC2CC(c3ccccc3)=CCN2)s1. The first-order valence-corrected chi connectivity index (χ1v) is 8.68. The average Bonchev–Trinajstić information content (AvgIpc) is 2.98. The van der Waals surface area contributed by atoms with Crippen LogP contribution in [0.5, 0.6) is 0 Å². The third kappa shape index (κ3) is 4.15. The van der Waals surface area contributed by atoms with Crippen LogP contribution in [0.1, 0.15) is 36.3 Å². The van der Waals surface area contributed by atoms with Crippen molar-refractivity contribution in [1.82, 2.24) is 15.5 Å². The molecule has 2 aromatic rings. The number of aryl methyl sites for hydroxylation is 1. The van der Waals surface area contributed by atoms with Crippen LogP contribution in [0, 0.1) is 0 Å². The second-order valence-electron chi connectivity index (χ2n) is 5.68. The molecule has 0 fully saturated rings. The number of nitrogen functional groups attached to an aromatic ring is 1. The Bertz CT molecular complexity index is 621. The first-order chi connectivity index (χ1) is 10.8. The second kappa shape index (κ2) is 7.51. The highest BCUT2D eigenvalue weighted by Crippen LogP contribution is 2.24. The van der Waals surface area contributed by atoms with Crippen LogP contribution in [-0.2, 0) is 6.42 Å². The Balaban J connectivity index is 1.43. The molecule has 0 spiro atoms. The molecule has 1 aromatic heterocycles. The zero-order valence-corrected chi connectivity index (χ0v) is 13.5. The number of benzene rings is 1. The van der Waals surface area contributed by atoms with Crippen LogP contribution >= 0.6 is 11.3 Å². The number of nitrogens with one attached hydrogen (secondary N) is 1. The number of anilines is 1. The van der Waals surface area contributed by atoms with Crippen LogP contribution in [0.2, 0.25) is 0 Å². The smallest absolute Gasteiger partial charge is 0.203 e. The van der Waals surface area contributed by atoms with Gasteiger partial charge >= 0.3 is 0 Å². The van der Waals surface area contributed by atoms with Gasteiger partial charge in [-0.1, -0.05) is 54.2 Å². The Morgan fingerprint density at radius 3 is 2.82 bits per heavy atom. The molecule has 1 aromatic carbocycles. The van der Waals surface area contributed by atoms with Crippen molar-refractivity contribution in [2.24, 2.45) is 0 Å². The second-order valence-corrected chi connectivity index (χ2v) is 6.78. The Labute approximate surface area is 135 Å². The van der Waals surface area contributed by atoms with Gasteiger partial charge in [0.2, 0.25) is 5.13 Å². The predicted molar refractivity (Wildman–Crippen MR) is 92.7 cm³/mol. The molecule has 22 heavy (non-hydrogen) atoms. The van der Waals surface area contributed by atoms with E-state index in [2.05, 4.69) is 51.9 Å². The number of unbranched alkanes of at least 4 members (excludes halogenated alkanes) is 1. The fraction of sp³-hybridized carbons (Fsp3) is 0.412. The van der Waals surface area contributed by atoms with Crippen molar-refractivity contribution in [2.45, 2.75) is 38.1 Å². The molecule has 3 N–H and O–H groups in total. The van der Waals surface area contributed by atoms with E-state index < -0.39 is 0 Å². The summed E-state index contributed by atoms with van der Waals surface area (Å²) >= 11 is 1.50. The zero-order chi connectivity index (χ0) is 15.2. The summed E-state index contributed by atoms with van der Waals surface area (Å²) in [5, 5.41) is 13.2. The van der Waals surface area contributed by atoms with Crippen LogP contribution in [0.15, 0.2) is 36.4 Å². The van der Waals surface area contributed by atoms with Gasteiger partial charge in [0.05, 0.1) is 0 Å². The summed E-state index contributed by atoms with van der Waals surface area (Å²) in [7, 11) is 0. The maximum absolute atomic E-state index is 5.60. The summed E-state index contributed by atoms with van der Waals surface area (Å²) < 4.78 is 0. The largest absolute Gasteiger partial charge is 0.374 e. The molecule has 1 unspecified atom stereocenters. The Morgan fingerprint density at radius 2 is 2.05 bits per heavy atom. The lowest BCUT2D eigenvalue weighted by atomic mass is 9.93. The van der Waals surface area contributed by atoms with E-state index in [1.807, 2.05) is 0 Å². The highest BCUT2D eigenvalue weighted by Gasteiger charge is 2.15. The molecule has 0 saturated carbocycles. The molecule has 0 amide bonds. The lowest BCUT2D eigenvalue weighted by Gasteiger charge is -2.24. The molecule has 0 bridgehead atoms. The van der Waals surface area contributed by atoms with E-state index in [1.165, 1.54) is 35.3 Å². The first-order valence-electron chi connectivity index (χ1n) is 7.87. The zero-order valence-electron chi connectivity index (χ0n) is 12.7. The van der Waals surface area contributed by atoms with Crippen molar-refractivity contribution in [3.63, 3.8) is 0 Å². The molecular weight excluding hydrogens is 292 g/mol. The van der Waals surface area contributed by atoms with E-state index in [4.69, 9.17) is 5.73 Å². The fourth-order valence-electron chi connectivity index (χ4n) is 2.90. The maximum atomic E-state index is 5.60. The van der Waals surface area contributed by atoms with Gasteiger partial charge in [0.15, 0.2) is 0 Å². The molecule has 0 saturated heterocycles. The van der Waals surface area contributed by atoms with E-state index in [9.17, 15) is 0 Å². The minimum Gasteiger partial charge on any atom is -0.374 e. The van der Waals surface area contributed by atoms with Crippen molar-refractivity contribution >= 4 is 22.0 Å². The van der Waals surface area contributed by atoms with Crippen LogP contribution in [-0.4, -0.2) is 22.8 Å². The monoisotopic (exact) mass is 314 g/mol. The van der Waals surface area contributed by atoms with E-state index in [1.54, 1.807) is 0 Å². The van der Waals surface area contributed by atoms with E-state index in [0.717, 1.165) is 30.8 Å². The normalized spacial score (nSPS) is 18.2. The Hall–Kier alpha value is -1.72. The van der Waals surface area contributed by atoms with Crippen molar-refractivity contribution in [1.29, 1.82) is 0 Å². The molecule has 3 rings (SSSR count). The molecule has 1 aliphatic rings. The van der Waals surface area contributed by atoms with Gasteiger partial charge in [-0.3, -0.25) is 0 Å². The van der Waals surface area contributed by atoms with Crippen LogP contribution in [0.4, 0.5) is 5.13 Å². The molecule has 4 nitrogen and oxygen atoms in total. The minimum atomic E-state index is 0.571. The standard InChI is InChI=1S/C17H22N4S/c18-17-21-20-16(22-17)9-5-4-8-15-12-14(10-11-19-15)13-6-2-1-3-7-13/h1-3,6-7,10,15,19H,4-5,8-9,11-12H2,(H2,18,21). The lowest BCUT2D eigenvalue weighted by molar-refractivity contribution is 0.476. The highest BCUT2D eigenvalue weighted by molar-refractivity contribution is 7.15. The summed E-state index contributed by atoms with van der Waals surface area (Å²) in [6.07, 6.45) is 7.99. The molecule has 0 aliphatic carbocycles. The van der Waals surface area contributed by atoms with Crippen molar-refractivity contribution in [3.05, 3.63) is 47.0 Å². The number of hydrogen-bond acceptors (Lipinski definition) is 5. The predicted octanol–water partition coefficient (Wildman–Crippen LogP) is 3.28. The van der Waals surface area contributed by atoms with Crippen LogP contribution in [0.3, 0.4) is 0 Å². The molecule has 1 atom stereocenters. The lowest BCUT2D eigenvalue weighted by Crippen LogP contribution is -2.32. The van der Waals surface area contributed by atoms with E-state index in [0.29, 0.717) is 11.2 Å². The quantitative estimate of drug-likeness (QED) is 0.803. The third-order valence-corrected chi connectivity index (χ3v) is 4.85. The minimum absolute atomic E-state index is 0.571. The number of nitrogens with two attached hydrogens (primary N) is 1. The molecule has 1 aliphatic heterocycles. The van der Waals surface area contributed by atoms with Gasteiger partial charge in [-0.15, -0.1) is 10.2 Å². The summed E-state index contributed by atoms with van der Waals surface area (Å²) in [4.78, 5) is 0. The number of nitrogens with zero attached hydrogens (tertiary/aromatic N) is 2. The van der Waals surface area contributed by atoms with Crippen molar-refractivity contribution < 1.29 is 0 Å². The molecule has 5 heteroatoms. The Morgan fingerprint density at radius 1 is 1.18 bits per heavy atom. The van der Waals surface area contributed by atoms with Gasteiger partial charge in [0.25, 0.3) is 0 Å². The van der Waals surface area contributed by atoms with Gasteiger partial charge in [-0.05, 0) is 30.4 Å². The third-order valence-electron chi connectivity index (χ3n) is 4.04. The Kier molecular flexibility index (Phi) is 5.19. The van der Waals surface area contributed by atoms with Crippen LogP contribution < -0.4 is 11.1 Å². The van der Waals surface area contributed by atoms with Crippen LogP contribution in [0.25, 0.3) is 5.57 Å². The summed E-state index contributed by atoms with van der Waals surface area (Å²) in [5.41, 5.74) is 8.43. The topological polar surface area (TPSA) is 63.8 Å². The van der Waals surface area contributed by atoms with E-state index >= 15 is 0 Å². The van der Waals surface area contributed by atoms with Gasteiger partial charge in [0.1, 0.15) is 5.01 Å². The van der Waals surface area contributed by atoms with Gasteiger partial charge in [-0.25, -0.2) is 0 Å². The number of aromatic nitrogens is 2. The number of hydrogen-bond donors (Lipinski definition) is 2. The highest BCUT2D eigenvalue weighted by atomic mass is 32.1. The molecule has 116 valence electrons. The summed E-state index contributed by atoms with van der Waals surface area (Å²) in [5.74, 6) is 0. The molecule has 2 heterocycles. The first kappa shape index (κ1) is 15.2.